The lowest BCUT2D eigenvalue weighted by Crippen LogP contribution is -2.19. The molecule has 0 aromatic heterocycles. The first-order chi connectivity index (χ1) is 8.65. The predicted molar refractivity (Wildman–Crippen MR) is 75.4 cm³/mol. The molecular weight excluding hydrogens is 250 g/mol. The van der Waals surface area contributed by atoms with Crippen molar-refractivity contribution in [1.82, 2.24) is 5.32 Å². The van der Waals surface area contributed by atoms with Crippen molar-refractivity contribution in [3.63, 3.8) is 0 Å². The van der Waals surface area contributed by atoms with Crippen LogP contribution in [0.3, 0.4) is 0 Å². The van der Waals surface area contributed by atoms with E-state index >= 15 is 0 Å². The Kier molecular flexibility index (Phi) is 7.09. The summed E-state index contributed by atoms with van der Waals surface area (Å²) < 4.78 is 10.8. The lowest BCUT2D eigenvalue weighted by Gasteiger charge is -2.15. The Morgan fingerprint density at radius 3 is 2.78 bits per heavy atom. The van der Waals surface area contributed by atoms with E-state index in [-0.39, 0.29) is 0 Å². The van der Waals surface area contributed by atoms with Crippen LogP contribution in [0.25, 0.3) is 0 Å². The fourth-order valence-electron chi connectivity index (χ4n) is 1.50. The number of rotatable bonds is 8. The molecule has 0 unspecified atom stereocenters. The van der Waals surface area contributed by atoms with Gasteiger partial charge in [0, 0.05) is 25.8 Å². The number of hydrogen-bond donors (Lipinski definition) is 1. The van der Waals surface area contributed by atoms with Gasteiger partial charge in [-0.3, -0.25) is 0 Å². The molecule has 4 heteroatoms. The average molecular weight is 272 g/mol. The first kappa shape index (κ1) is 15.3. The molecule has 1 rings (SSSR count). The van der Waals surface area contributed by atoms with Gasteiger partial charge in [0.25, 0.3) is 0 Å². The SMILES string of the molecule is COCCNCc1cccc(Cl)c1OCC(C)C. The van der Waals surface area contributed by atoms with Gasteiger partial charge in [-0.15, -0.1) is 0 Å². The number of hydrogen-bond acceptors (Lipinski definition) is 3. The van der Waals surface area contributed by atoms with Gasteiger partial charge < -0.3 is 14.8 Å². The van der Waals surface area contributed by atoms with Crippen LogP contribution in [0.4, 0.5) is 0 Å². The molecule has 18 heavy (non-hydrogen) atoms. The van der Waals surface area contributed by atoms with Crippen molar-refractivity contribution in [2.24, 2.45) is 5.92 Å². The third-order valence-corrected chi connectivity index (χ3v) is 2.71. The maximum Gasteiger partial charge on any atom is 0.142 e. The van der Waals surface area contributed by atoms with Crippen LogP contribution in [0.1, 0.15) is 19.4 Å². The standard InChI is InChI=1S/C14H22ClNO2/c1-11(2)10-18-14-12(5-4-6-13(14)15)9-16-7-8-17-3/h4-6,11,16H,7-10H2,1-3H3. The number of ether oxygens (including phenoxy) is 2. The molecule has 0 bridgehead atoms. The van der Waals surface area contributed by atoms with Crippen LogP contribution in [0.15, 0.2) is 18.2 Å². The molecule has 0 atom stereocenters. The van der Waals surface area contributed by atoms with Gasteiger partial charge in [0.2, 0.25) is 0 Å². The summed E-state index contributed by atoms with van der Waals surface area (Å²) in [7, 11) is 1.69. The van der Waals surface area contributed by atoms with Gasteiger partial charge in [-0.2, -0.15) is 0 Å². The molecule has 0 saturated heterocycles. The number of nitrogens with one attached hydrogen (secondary N) is 1. The van der Waals surface area contributed by atoms with E-state index in [9.17, 15) is 0 Å². The first-order valence-corrected chi connectivity index (χ1v) is 6.62. The zero-order valence-corrected chi connectivity index (χ0v) is 12.1. The maximum atomic E-state index is 6.18. The minimum absolute atomic E-state index is 0.482. The molecule has 1 N–H and O–H groups in total. The van der Waals surface area contributed by atoms with Crippen LogP contribution in [-0.2, 0) is 11.3 Å². The molecule has 1 aromatic carbocycles. The molecular formula is C14H22ClNO2. The lowest BCUT2D eigenvalue weighted by molar-refractivity contribution is 0.199. The number of benzene rings is 1. The molecule has 0 aliphatic rings. The molecule has 0 amide bonds. The van der Waals surface area contributed by atoms with E-state index in [0.717, 1.165) is 24.4 Å². The van der Waals surface area contributed by atoms with Gasteiger partial charge in [0.1, 0.15) is 5.75 Å². The molecule has 0 fully saturated rings. The monoisotopic (exact) mass is 271 g/mol. The zero-order valence-electron chi connectivity index (χ0n) is 11.3. The van der Waals surface area contributed by atoms with Crippen molar-refractivity contribution in [3.05, 3.63) is 28.8 Å². The third-order valence-electron chi connectivity index (χ3n) is 2.41. The Labute approximate surface area is 114 Å². The lowest BCUT2D eigenvalue weighted by atomic mass is 10.2. The van der Waals surface area contributed by atoms with Crippen molar-refractivity contribution in [3.8, 4) is 5.75 Å². The second kappa shape index (κ2) is 8.35. The van der Waals surface area contributed by atoms with E-state index in [1.807, 2.05) is 18.2 Å². The van der Waals surface area contributed by atoms with Gasteiger partial charge >= 0.3 is 0 Å². The van der Waals surface area contributed by atoms with Gasteiger partial charge in [-0.1, -0.05) is 37.6 Å². The highest BCUT2D eigenvalue weighted by molar-refractivity contribution is 6.32. The molecule has 0 spiro atoms. The molecule has 102 valence electrons. The van der Waals surface area contributed by atoms with E-state index in [0.29, 0.717) is 24.2 Å². The summed E-state index contributed by atoms with van der Waals surface area (Å²) in [4.78, 5) is 0. The fourth-order valence-corrected chi connectivity index (χ4v) is 1.75. The van der Waals surface area contributed by atoms with Crippen LogP contribution < -0.4 is 10.1 Å². The van der Waals surface area contributed by atoms with E-state index < -0.39 is 0 Å². The second-order valence-electron chi connectivity index (χ2n) is 4.60. The van der Waals surface area contributed by atoms with E-state index in [4.69, 9.17) is 21.1 Å². The van der Waals surface area contributed by atoms with E-state index in [2.05, 4.69) is 19.2 Å². The summed E-state index contributed by atoms with van der Waals surface area (Å²) >= 11 is 6.18. The molecule has 0 saturated carbocycles. The van der Waals surface area contributed by atoms with Crippen molar-refractivity contribution < 1.29 is 9.47 Å². The number of halogens is 1. The van der Waals surface area contributed by atoms with Gasteiger partial charge in [0.15, 0.2) is 0 Å². The maximum absolute atomic E-state index is 6.18. The van der Waals surface area contributed by atoms with Crippen molar-refractivity contribution >= 4 is 11.6 Å². The van der Waals surface area contributed by atoms with Crippen LogP contribution >= 0.6 is 11.6 Å². The minimum Gasteiger partial charge on any atom is -0.491 e. The first-order valence-electron chi connectivity index (χ1n) is 6.25. The summed E-state index contributed by atoms with van der Waals surface area (Å²) in [6, 6.07) is 5.83. The van der Waals surface area contributed by atoms with Gasteiger partial charge in [-0.05, 0) is 12.0 Å². The van der Waals surface area contributed by atoms with Gasteiger partial charge in [-0.25, -0.2) is 0 Å². The highest BCUT2D eigenvalue weighted by atomic mass is 35.5. The minimum atomic E-state index is 0.482. The summed E-state index contributed by atoms with van der Waals surface area (Å²) in [6.45, 7) is 7.16. The van der Waals surface area contributed by atoms with Gasteiger partial charge in [0.05, 0.1) is 18.2 Å². The summed E-state index contributed by atoms with van der Waals surface area (Å²) in [5.74, 6) is 1.27. The Hall–Kier alpha value is -0.770. The fraction of sp³-hybridized carbons (Fsp3) is 0.571. The third kappa shape index (κ3) is 5.25. The smallest absolute Gasteiger partial charge is 0.142 e. The predicted octanol–water partition coefficient (Wildman–Crippen LogP) is 3.11. The van der Waals surface area contributed by atoms with E-state index in [1.165, 1.54) is 0 Å². The largest absolute Gasteiger partial charge is 0.491 e. The van der Waals surface area contributed by atoms with E-state index in [1.54, 1.807) is 7.11 Å². The Morgan fingerprint density at radius 2 is 2.11 bits per heavy atom. The van der Waals surface area contributed by atoms with Crippen LogP contribution in [0.2, 0.25) is 5.02 Å². The highest BCUT2D eigenvalue weighted by Crippen LogP contribution is 2.29. The van der Waals surface area contributed by atoms with Crippen LogP contribution in [-0.4, -0.2) is 26.9 Å². The Balaban J connectivity index is 2.61. The van der Waals surface area contributed by atoms with Crippen LogP contribution in [0, 0.1) is 5.92 Å². The molecule has 1 aromatic rings. The van der Waals surface area contributed by atoms with Crippen molar-refractivity contribution in [1.29, 1.82) is 0 Å². The molecule has 0 radical (unpaired) electrons. The molecule has 0 aliphatic heterocycles. The average Bonchev–Trinajstić information content (AvgIpc) is 2.33. The Morgan fingerprint density at radius 1 is 1.33 bits per heavy atom. The highest BCUT2D eigenvalue weighted by Gasteiger charge is 2.08. The molecule has 0 aliphatic carbocycles. The summed E-state index contributed by atoms with van der Waals surface area (Å²) in [5.41, 5.74) is 1.08. The molecule has 0 heterocycles. The zero-order chi connectivity index (χ0) is 13.4. The molecule has 3 nitrogen and oxygen atoms in total. The van der Waals surface area contributed by atoms with Crippen molar-refractivity contribution in [2.45, 2.75) is 20.4 Å². The normalized spacial score (nSPS) is 10.9. The summed E-state index contributed by atoms with van der Waals surface area (Å²) in [5, 5.41) is 3.96. The number of para-hydroxylation sites is 1. The van der Waals surface area contributed by atoms with Crippen LogP contribution in [0.5, 0.6) is 5.75 Å². The summed E-state index contributed by atoms with van der Waals surface area (Å²) in [6.07, 6.45) is 0. The second-order valence-corrected chi connectivity index (χ2v) is 5.01. The Bertz CT molecular complexity index is 356. The van der Waals surface area contributed by atoms with Crippen molar-refractivity contribution in [2.75, 3.05) is 26.9 Å². The number of methoxy groups -OCH3 is 1. The topological polar surface area (TPSA) is 30.5 Å². The quantitative estimate of drug-likeness (QED) is 0.737.